The van der Waals surface area contributed by atoms with E-state index in [1.807, 2.05) is 19.9 Å². The van der Waals surface area contributed by atoms with Crippen molar-refractivity contribution in [3.05, 3.63) is 52.6 Å². The van der Waals surface area contributed by atoms with Gasteiger partial charge in [-0.1, -0.05) is 11.6 Å². The Morgan fingerprint density at radius 1 is 1.28 bits per heavy atom. The van der Waals surface area contributed by atoms with Gasteiger partial charge in [0, 0.05) is 40.4 Å². The highest BCUT2D eigenvalue weighted by Crippen LogP contribution is 2.43. The van der Waals surface area contributed by atoms with E-state index in [1.165, 1.54) is 25.7 Å². The molecular weight excluding hydrogens is 565 g/mol. The van der Waals surface area contributed by atoms with E-state index in [0.29, 0.717) is 33.0 Å². The Hall–Kier alpha value is -4.16. The van der Waals surface area contributed by atoms with Gasteiger partial charge < -0.3 is 20.9 Å². The largest absolute Gasteiger partial charge is 0.496 e. The first-order chi connectivity index (χ1) is 18.0. The smallest absolute Gasteiger partial charge is 0.490 e. The SMILES string of the molecule is COc1c(C(C)Nc2ncnc(N)c2C#N)cc(Cl)c(C)c1-c1cncc(S(C)(=O)=O)c1.O=C(O)C(F)(F)F. The number of rotatable bonds is 6. The zero-order valence-electron chi connectivity index (χ0n) is 20.8. The van der Waals surface area contributed by atoms with Crippen molar-refractivity contribution in [2.45, 2.75) is 31.0 Å². The average molecular weight is 587 g/mol. The first-order valence-electron chi connectivity index (χ1n) is 10.6. The molecule has 1 unspecified atom stereocenters. The Balaban J connectivity index is 0.000000673. The monoisotopic (exact) mass is 586 g/mol. The number of nitriles is 1. The second kappa shape index (κ2) is 12.1. The number of nitrogens with zero attached hydrogens (tertiary/aromatic N) is 4. The number of nitrogen functional groups attached to an aromatic ring is 1. The molecule has 0 aliphatic heterocycles. The molecule has 3 rings (SSSR count). The molecule has 0 saturated heterocycles. The number of pyridine rings is 1. The van der Waals surface area contributed by atoms with Crippen molar-refractivity contribution < 1.29 is 36.2 Å². The van der Waals surface area contributed by atoms with Crippen LogP contribution in [-0.4, -0.2) is 54.0 Å². The van der Waals surface area contributed by atoms with E-state index in [9.17, 15) is 26.9 Å². The number of hydrogen-bond acceptors (Lipinski definition) is 10. The second-order valence-electron chi connectivity index (χ2n) is 7.93. The fraction of sp³-hybridized carbons (Fsp3) is 0.261. The Morgan fingerprint density at radius 3 is 2.41 bits per heavy atom. The summed E-state index contributed by atoms with van der Waals surface area (Å²) in [5.41, 5.74) is 8.44. The minimum atomic E-state index is -5.08. The van der Waals surface area contributed by atoms with Crippen molar-refractivity contribution >= 4 is 39.0 Å². The highest BCUT2D eigenvalue weighted by molar-refractivity contribution is 7.90. The zero-order valence-corrected chi connectivity index (χ0v) is 22.4. The van der Waals surface area contributed by atoms with Crippen molar-refractivity contribution in [3.8, 4) is 22.9 Å². The number of carbonyl (C=O) groups is 1. The third kappa shape index (κ3) is 7.45. The van der Waals surface area contributed by atoms with Crippen LogP contribution in [0.3, 0.4) is 0 Å². The van der Waals surface area contributed by atoms with Gasteiger partial charge in [-0.25, -0.2) is 23.2 Å². The molecule has 0 aliphatic carbocycles. The highest BCUT2D eigenvalue weighted by Gasteiger charge is 2.38. The van der Waals surface area contributed by atoms with E-state index in [-0.39, 0.29) is 22.1 Å². The van der Waals surface area contributed by atoms with Crippen LogP contribution in [0.1, 0.15) is 29.7 Å². The molecule has 1 aromatic carbocycles. The number of benzene rings is 1. The van der Waals surface area contributed by atoms with E-state index in [4.69, 9.17) is 32.0 Å². The summed E-state index contributed by atoms with van der Waals surface area (Å²) in [5, 5.41) is 20.1. The molecule has 1 atom stereocenters. The summed E-state index contributed by atoms with van der Waals surface area (Å²) in [4.78, 5) is 21.0. The van der Waals surface area contributed by atoms with E-state index in [1.54, 1.807) is 12.3 Å². The van der Waals surface area contributed by atoms with Crippen molar-refractivity contribution in [2.75, 3.05) is 24.4 Å². The van der Waals surface area contributed by atoms with Gasteiger partial charge in [-0.05, 0) is 31.5 Å². The molecule has 4 N–H and O–H groups in total. The van der Waals surface area contributed by atoms with Gasteiger partial charge in [-0.2, -0.15) is 18.4 Å². The maximum Gasteiger partial charge on any atom is 0.490 e. The molecule has 39 heavy (non-hydrogen) atoms. The first kappa shape index (κ1) is 31.1. The molecule has 0 aliphatic rings. The number of carboxylic acids is 1. The number of anilines is 2. The maximum atomic E-state index is 12.0. The number of aliphatic carboxylic acids is 1. The van der Waals surface area contributed by atoms with Crippen molar-refractivity contribution in [1.82, 2.24) is 15.0 Å². The molecule has 208 valence electrons. The van der Waals surface area contributed by atoms with Crippen molar-refractivity contribution in [1.29, 1.82) is 5.26 Å². The summed E-state index contributed by atoms with van der Waals surface area (Å²) in [6.07, 6.45) is 0.141. The van der Waals surface area contributed by atoms with Crippen LogP contribution < -0.4 is 15.8 Å². The number of alkyl halides is 3. The zero-order chi connectivity index (χ0) is 29.7. The summed E-state index contributed by atoms with van der Waals surface area (Å²) in [5.74, 6) is -1.93. The average Bonchev–Trinajstić information content (AvgIpc) is 2.84. The molecule has 3 aromatic rings. The summed E-state index contributed by atoms with van der Waals surface area (Å²) in [6.45, 7) is 3.66. The summed E-state index contributed by atoms with van der Waals surface area (Å²) in [6, 6.07) is 4.87. The fourth-order valence-electron chi connectivity index (χ4n) is 3.29. The van der Waals surface area contributed by atoms with Crippen LogP contribution in [0.15, 0.2) is 35.7 Å². The molecule has 0 spiro atoms. The summed E-state index contributed by atoms with van der Waals surface area (Å²) < 4.78 is 61.5. The number of halogens is 4. The van der Waals surface area contributed by atoms with Gasteiger partial charge in [-0.3, -0.25) is 4.98 Å². The van der Waals surface area contributed by atoms with Gasteiger partial charge in [0.15, 0.2) is 9.84 Å². The van der Waals surface area contributed by atoms with Crippen molar-refractivity contribution in [3.63, 3.8) is 0 Å². The molecule has 0 bridgehead atoms. The lowest BCUT2D eigenvalue weighted by Gasteiger charge is -2.23. The van der Waals surface area contributed by atoms with Crippen LogP contribution in [0, 0.1) is 18.3 Å². The van der Waals surface area contributed by atoms with Crippen LogP contribution in [0.4, 0.5) is 24.8 Å². The maximum absolute atomic E-state index is 12.0. The van der Waals surface area contributed by atoms with Gasteiger partial charge in [0.25, 0.3) is 0 Å². The lowest BCUT2D eigenvalue weighted by Crippen LogP contribution is -2.21. The fourth-order valence-corrected chi connectivity index (χ4v) is 4.10. The Bertz CT molecular complexity index is 1540. The predicted octanol–water partition coefficient (Wildman–Crippen LogP) is 4.17. The van der Waals surface area contributed by atoms with E-state index < -0.39 is 28.0 Å². The number of carboxylic acid groups (broad SMARTS) is 1. The number of ether oxygens (including phenoxy) is 1. The van der Waals surface area contributed by atoms with Crippen LogP contribution in [0.5, 0.6) is 5.75 Å². The summed E-state index contributed by atoms with van der Waals surface area (Å²) in [7, 11) is -1.95. The standard InChI is InChI=1S/C21H21ClN6O3S.C2HF3O2/c1-11-17(22)6-15(12(2)28-21-16(7-23)20(24)26-10-27-21)19(31-3)18(11)13-5-14(9-25-8-13)32(4,29)30;3-2(4,5)1(6)7/h5-6,8-10,12H,1-4H3,(H3,24,26,27,28);(H,6,7). The van der Waals surface area contributed by atoms with Gasteiger partial charge in [0.05, 0.1) is 18.0 Å². The Morgan fingerprint density at radius 2 is 1.90 bits per heavy atom. The normalized spacial score (nSPS) is 12.0. The minimum Gasteiger partial charge on any atom is -0.496 e. The second-order valence-corrected chi connectivity index (χ2v) is 10.3. The molecule has 2 heterocycles. The van der Waals surface area contributed by atoms with Crippen LogP contribution in [0.25, 0.3) is 11.1 Å². The number of methoxy groups -OCH3 is 1. The third-order valence-electron chi connectivity index (χ3n) is 5.19. The van der Waals surface area contributed by atoms with Crippen LogP contribution in [0.2, 0.25) is 5.02 Å². The Labute approximate surface area is 226 Å². The van der Waals surface area contributed by atoms with E-state index in [2.05, 4.69) is 20.3 Å². The number of sulfone groups is 1. The van der Waals surface area contributed by atoms with Gasteiger partial charge in [0.2, 0.25) is 0 Å². The van der Waals surface area contributed by atoms with Gasteiger partial charge >= 0.3 is 12.1 Å². The molecule has 0 amide bonds. The number of aromatic nitrogens is 3. The number of nitrogens with two attached hydrogens (primary N) is 1. The van der Waals surface area contributed by atoms with Crippen molar-refractivity contribution in [2.24, 2.45) is 0 Å². The Kier molecular flexibility index (Phi) is 9.66. The molecule has 16 heteroatoms. The molecular formula is C23H22ClF3N6O5S. The van der Waals surface area contributed by atoms with E-state index >= 15 is 0 Å². The molecule has 0 saturated carbocycles. The predicted molar refractivity (Wildman–Crippen MR) is 136 cm³/mol. The van der Waals surface area contributed by atoms with Crippen LogP contribution >= 0.6 is 11.6 Å². The molecule has 0 radical (unpaired) electrons. The minimum absolute atomic E-state index is 0.0652. The summed E-state index contributed by atoms with van der Waals surface area (Å²) >= 11 is 6.54. The van der Waals surface area contributed by atoms with E-state index in [0.717, 1.165) is 6.26 Å². The lowest BCUT2D eigenvalue weighted by molar-refractivity contribution is -0.192. The topological polar surface area (TPSA) is 181 Å². The van der Waals surface area contributed by atoms with Crippen LogP contribution in [-0.2, 0) is 14.6 Å². The quantitative estimate of drug-likeness (QED) is 0.377. The third-order valence-corrected chi connectivity index (χ3v) is 6.66. The molecule has 2 aromatic heterocycles. The lowest BCUT2D eigenvalue weighted by atomic mass is 9.94. The molecule has 11 nitrogen and oxygen atoms in total. The first-order valence-corrected chi connectivity index (χ1v) is 12.9. The number of hydrogen-bond donors (Lipinski definition) is 3. The number of nitrogens with one attached hydrogen (secondary N) is 1. The molecule has 0 fully saturated rings. The van der Waals surface area contributed by atoms with Gasteiger partial charge in [0.1, 0.15) is 35.3 Å². The van der Waals surface area contributed by atoms with Gasteiger partial charge in [-0.15, -0.1) is 0 Å². The highest BCUT2D eigenvalue weighted by atomic mass is 35.5.